The van der Waals surface area contributed by atoms with Crippen LogP contribution in [0.3, 0.4) is 0 Å². The summed E-state index contributed by atoms with van der Waals surface area (Å²) in [5.74, 6) is 0.724. The highest BCUT2D eigenvalue weighted by atomic mass is 35.5. The normalized spacial score (nSPS) is 10.2. The van der Waals surface area contributed by atoms with E-state index in [4.69, 9.17) is 16.3 Å². The summed E-state index contributed by atoms with van der Waals surface area (Å²) in [5, 5.41) is 3.44. The third kappa shape index (κ3) is 3.52. The van der Waals surface area contributed by atoms with E-state index in [-0.39, 0.29) is 5.91 Å². The number of hydrogen-bond donors (Lipinski definition) is 1. The molecule has 0 saturated heterocycles. The Bertz CT molecular complexity index is 626. The maximum Gasteiger partial charge on any atom is 0.217 e. The van der Waals surface area contributed by atoms with Gasteiger partial charge in [-0.25, -0.2) is 0 Å². The minimum atomic E-state index is -0.0456. The van der Waals surface area contributed by atoms with Crippen LogP contribution in [0.4, 0.5) is 0 Å². The lowest BCUT2D eigenvalue weighted by Crippen LogP contribution is -2.18. The van der Waals surface area contributed by atoms with E-state index >= 15 is 0 Å². The molecule has 0 spiro atoms. The number of amides is 1. The Hall–Kier alpha value is -2.00. The molecule has 0 aromatic heterocycles. The van der Waals surface area contributed by atoms with Crippen molar-refractivity contribution in [2.24, 2.45) is 0 Å². The molecule has 0 fully saturated rings. The molecule has 2 rings (SSSR count). The number of nitrogens with one attached hydrogen (secondary N) is 1. The van der Waals surface area contributed by atoms with Crippen LogP contribution in [0.5, 0.6) is 5.75 Å². The molecule has 0 unspecified atom stereocenters. The van der Waals surface area contributed by atoms with Gasteiger partial charge in [-0.3, -0.25) is 4.79 Å². The summed E-state index contributed by atoms with van der Waals surface area (Å²) in [6.07, 6.45) is 0. The number of hydrogen-bond acceptors (Lipinski definition) is 2. The zero-order valence-electron chi connectivity index (χ0n) is 11.4. The maximum absolute atomic E-state index is 11.0. The Kier molecular flexibility index (Phi) is 4.64. The first kappa shape index (κ1) is 14.4. The lowest BCUT2D eigenvalue weighted by atomic mass is 10.0. The molecule has 4 heteroatoms. The van der Waals surface area contributed by atoms with Crippen molar-refractivity contribution < 1.29 is 9.53 Å². The molecule has 0 aliphatic rings. The van der Waals surface area contributed by atoms with Crippen molar-refractivity contribution in [2.75, 3.05) is 7.11 Å². The van der Waals surface area contributed by atoms with E-state index in [1.54, 1.807) is 13.2 Å². The van der Waals surface area contributed by atoms with E-state index in [9.17, 15) is 4.79 Å². The van der Waals surface area contributed by atoms with Gasteiger partial charge in [-0.05, 0) is 35.4 Å². The van der Waals surface area contributed by atoms with Gasteiger partial charge in [-0.1, -0.05) is 29.8 Å². The minimum Gasteiger partial charge on any atom is -0.496 e. The van der Waals surface area contributed by atoms with Gasteiger partial charge in [0.1, 0.15) is 5.75 Å². The van der Waals surface area contributed by atoms with Crippen molar-refractivity contribution in [1.29, 1.82) is 0 Å². The molecular formula is C16H16ClNO2. The second kappa shape index (κ2) is 6.44. The molecule has 2 aromatic carbocycles. The number of rotatable bonds is 4. The van der Waals surface area contributed by atoms with Gasteiger partial charge in [0, 0.05) is 24.1 Å². The average molecular weight is 290 g/mol. The lowest BCUT2D eigenvalue weighted by Gasteiger charge is -2.11. The molecule has 1 amide bonds. The van der Waals surface area contributed by atoms with E-state index in [0.717, 1.165) is 22.4 Å². The van der Waals surface area contributed by atoms with Crippen LogP contribution in [0.1, 0.15) is 12.5 Å². The summed E-state index contributed by atoms with van der Waals surface area (Å²) < 4.78 is 5.36. The van der Waals surface area contributed by atoms with Crippen LogP contribution in [0.2, 0.25) is 5.02 Å². The third-order valence-electron chi connectivity index (χ3n) is 2.94. The number of methoxy groups -OCH3 is 1. The Balaban J connectivity index is 2.35. The van der Waals surface area contributed by atoms with Crippen LogP contribution in [-0.4, -0.2) is 13.0 Å². The second-order valence-corrected chi connectivity index (χ2v) is 4.89. The maximum atomic E-state index is 11.0. The van der Waals surface area contributed by atoms with Gasteiger partial charge in [0.2, 0.25) is 5.91 Å². The van der Waals surface area contributed by atoms with Crippen LogP contribution in [0.15, 0.2) is 42.5 Å². The molecule has 3 nitrogen and oxygen atoms in total. The molecule has 0 heterocycles. The van der Waals surface area contributed by atoms with Crippen molar-refractivity contribution in [2.45, 2.75) is 13.5 Å². The molecule has 2 aromatic rings. The van der Waals surface area contributed by atoms with Crippen LogP contribution >= 0.6 is 11.6 Å². The summed E-state index contributed by atoms with van der Waals surface area (Å²) >= 11 is 6.05. The molecule has 0 saturated carbocycles. The molecule has 1 N–H and O–H groups in total. The Morgan fingerprint density at radius 2 is 2.05 bits per heavy atom. The topological polar surface area (TPSA) is 38.3 Å². The van der Waals surface area contributed by atoms with Gasteiger partial charge in [0.15, 0.2) is 0 Å². The molecule has 104 valence electrons. The predicted octanol–water partition coefficient (Wildman–Crippen LogP) is 3.65. The highest BCUT2D eigenvalue weighted by Gasteiger charge is 2.07. The third-order valence-corrected chi connectivity index (χ3v) is 3.18. The molecule has 0 radical (unpaired) electrons. The zero-order valence-corrected chi connectivity index (χ0v) is 12.2. The van der Waals surface area contributed by atoms with Crippen LogP contribution in [-0.2, 0) is 11.3 Å². The fourth-order valence-corrected chi connectivity index (χ4v) is 2.15. The second-order valence-electron chi connectivity index (χ2n) is 4.45. The fourth-order valence-electron chi connectivity index (χ4n) is 1.98. The Morgan fingerprint density at radius 1 is 1.25 bits per heavy atom. The van der Waals surface area contributed by atoms with Crippen LogP contribution < -0.4 is 10.1 Å². The molecule has 0 aliphatic carbocycles. The largest absolute Gasteiger partial charge is 0.496 e. The summed E-state index contributed by atoms with van der Waals surface area (Å²) in [4.78, 5) is 11.0. The van der Waals surface area contributed by atoms with Crippen LogP contribution in [0, 0.1) is 0 Å². The molecule has 0 aliphatic heterocycles. The van der Waals surface area contributed by atoms with Crippen molar-refractivity contribution in [1.82, 2.24) is 5.32 Å². The smallest absolute Gasteiger partial charge is 0.217 e. The molecular weight excluding hydrogens is 274 g/mol. The number of ether oxygens (including phenoxy) is 1. The Morgan fingerprint density at radius 3 is 2.75 bits per heavy atom. The monoisotopic (exact) mass is 289 g/mol. The highest BCUT2D eigenvalue weighted by Crippen LogP contribution is 2.32. The number of benzene rings is 2. The summed E-state index contributed by atoms with van der Waals surface area (Å²) in [7, 11) is 1.63. The van der Waals surface area contributed by atoms with Crippen molar-refractivity contribution in [3.63, 3.8) is 0 Å². The van der Waals surface area contributed by atoms with Gasteiger partial charge in [-0.2, -0.15) is 0 Å². The number of carbonyl (C=O) groups is 1. The lowest BCUT2D eigenvalue weighted by molar-refractivity contribution is -0.119. The van der Waals surface area contributed by atoms with Gasteiger partial charge in [0.05, 0.1) is 7.11 Å². The molecule has 0 bridgehead atoms. The van der Waals surface area contributed by atoms with E-state index < -0.39 is 0 Å². The van der Waals surface area contributed by atoms with Gasteiger partial charge in [0.25, 0.3) is 0 Å². The van der Waals surface area contributed by atoms with Gasteiger partial charge in [-0.15, -0.1) is 0 Å². The first-order chi connectivity index (χ1) is 9.60. The van der Waals surface area contributed by atoms with E-state index in [0.29, 0.717) is 11.6 Å². The van der Waals surface area contributed by atoms with Crippen molar-refractivity contribution in [3.05, 3.63) is 53.1 Å². The van der Waals surface area contributed by atoms with Crippen molar-refractivity contribution in [3.8, 4) is 16.9 Å². The van der Waals surface area contributed by atoms with Crippen molar-refractivity contribution >= 4 is 17.5 Å². The van der Waals surface area contributed by atoms with Gasteiger partial charge >= 0.3 is 0 Å². The van der Waals surface area contributed by atoms with E-state index in [2.05, 4.69) is 5.32 Å². The number of carbonyl (C=O) groups excluding carboxylic acids is 1. The quantitative estimate of drug-likeness (QED) is 0.933. The fraction of sp³-hybridized carbons (Fsp3) is 0.188. The van der Waals surface area contributed by atoms with E-state index in [1.165, 1.54) is 6.92 Å². The van der Waals surface area contributed by atoms with Crippen LogP contribution in [0.25, 0.3) is 11.1 Å². The summed E-state index contributed by atoms with van der Waals surface area (Å²) in [6.45, 7) is 2.01. The SMILES string of the molecule is COc1ccc(Cl)cc1-c1cccc(CNC(C)=O)c1. The minimum absolute atomic E-state index is 0.0456. The average Bonchev–Trinajstić information content (AvgIpc) is 2.45. The highest BCUT2D eigenvalue weighted by molar-refractivity contribution is 6.31. The summed E-state index contributed by atoms with van der Waals surface area (Å²) in [6, 6.07) is 13.4. The van der Waals surface area contributed by atoms with Gasteiger partial charge < -0.3 is 10.1 Å². The molecule has 20 heavy (non-hydrogen) atoms. The zero-order chi connectivity index (χ0) is 14.5. The Labute approximate surface area is 123 Å². The predicted molar refractivity (Wildman–Crippen MR) is 81.0 cm³/mol. The van der Waals surface area contributed by atoms with E-state index in [1.807, 2.05) is 36.4 Å². The standard InChI is InChI=1S/C16H16ClNO2/c1-11(19)18-10-12-4-3-5-13(8-12)15-9-14(17)6-7-16(15)20-2/h3-9H,10H2,1-2H3,(H,18,19). The first-order valence-corrected chi connectivity index (χ1v) is 6.65. The molecule has 0 atom stereocenters. The number of halogens is 1. The first-order valence-electron chi connectivity index (χ1n) is 6.27. The summed E-state index contributed by atoms with van der Waals surface area (Å²) in [5.41, 5.74) is 2.97.